The monoisotopic (exact) mass is 510 g/mol. The lowest BCUT2D eigenvalue weighted by Crippen LogP contribution is -2.28. The van der Waals surface area contributed by atoms with Gasteiger partial charge in [0.2, 0.25) is 0 Å². The van der Waals surface area contributed by atoms with Crippen molar-refractivity contribution < 1.29 is 24.2 Å². The van der Waals surface area contributed by atoms with E-state index >= 15 is 0 Å². The lowest BCUT2D eigenvalue weighted by Gasteiger charge is -2.14. The number of hydrogen-bond donors (Lipinski definition) is 1. The van der Waals surface area contributed by atoms with Crippen molar-refractivity contribution in [3.63, 3.8) is 0 Å². The molecule has 2 fully saturated rings. The van der Waals surface area contributed by atoms with Gasteiger partial charge in [0, 0.05) is 0 Å². The summed E-state index contributed by atoms with van der Waals surface area (Å²) < 4.78 is 6.47. The van der Waals surface area contributed by atoms with Gasteiger partial charge in [-0.2, -0.15) is 10.1 Å². The maximum absolute atomic E-state index is 12.6. The molecule has 7 nitrogen and oxygen atoms in total. The van der Waals surface area contributed by atoms with Crippen molar-refractivity contribution in [2.45, 2.75) is 19.4 Å². The van der Waals surface area contributed by atoms with Crippen LogP contribution in [0.2, 0.25) is 0 Å². The Kier molecular flexibility index (Phi) is 4.91. The molecular formula is C19H16Br2N2O5. The lowest BCUT2D eigenvalue weighted by molar-refractivity contribution is -0.144. The Hall–Kier alpha value is -2.00. The highest BCUT2D eigenvalue weighted by Crippen LogP contribution is 2.52. The standard InChI is InChI=1S/C19H16Br2N2O5/c1-8(19(26)27)28-16-12(20)4-9(5-13(16)21)7-22-23-17(24)14-10-2-3-11(6-10)15(14)18(23)25/h2-5,7-8,10-11,14-15H,6H2,1H3,(H,26,27)/t8-,10-,11-,14-,15+/m0/s1. The van der Waals surface area contributed by atoms with Crippen LogP contribution in [0.3, 0.4) is 0 Å². The molecule has 3 aliphatic rings. The minimum absolute atomic E-state index is 0.141. The number of carboxylic acids is 1. The number of imide groups is 1. The molecule has 1 aliphatic heterocycles. The minimum atomic E-state index is -1.08. The summed E-state index contributed by atoms with van der Waals surface area (Å²) in [4.78, 5) is 36.3. The molecule has 1 aromatic rings. The van der Waals surface area contributed by atoms with Crippen LogP contribution in [0.15, 0.2) is 38.3 Å². The highest BCUT2D eigenvalue weighted by molar-refractivity contribution is 9.11. The summed E-state index contributed by atoms with van der Waals surface area (Å²) in [6, 6.07) is 3.35. The number of carboxylic acid groups (broad SMARTS) is 1. The number of allylic oxidation sites excluding steroid dienone is 2. The van der Waals surface area contributed by atoms with Crippen LogP contribution in [0.5, 0.6) is 5.75 Å². The molecule has 0 spiro atoms. The second kappa shape index (κ2) is 7.11. The maximum Gasteiger partial charge on any atom is 0.344 e. The summed E-state index contributed by atoms with van der Waals surface area (Å²) in [6.07, 6.45) is 5.37. The molecule has 9 heteroatoms. The molecule has 0 aromatic heterocycles. The summed E-state index contributed by atoms with van der Waals surface area (Å²) in [7, 11) is 0. The normalized spacial score (nSPS) is 29.0. The minimum Gasteiger partial charge on any atom is -0.479 e. The first-order chi connectivity index (χ1) is 13.3. The molecule has 1 N–H and O–H groups in total. The van der Waals surface area contributed by atoms with Crippen molar-refractivity contribution in [2.75, 3.05) is 0 Å². The van der Waals surface area contributed by atoms with E-state index in [0.29, 0.717) is 20.3 Å². The zero-order chi connectivity index (χ0) is 20.2. The van der Waals surface area contributed by atoms with Crippen LogP contribution in [-0.4, -0.2) is 40.2 Å². The van der Waals surface area contributed by atoms with Gasteiger partial charge in [0.05, 0.1) is 27.0 Å². The average molecular weight is 512 g/mol. The fourth-order valence-corrected chi connectivity index (χ4v) is 5.53. The van der Waals surface area contributed by atoms with Gasteiger partial charge in [-0.25, -0.2) is 4.79 Å². The summed E-state index contributed by atoms with van der Waals surface area (Å²) in [5.41, 5.74) is 0.618. The molecule has 2 amide bonds. The van der Waals surface area contributed by atoms with Gasteiger partial charge < -0.3 is 9.84 Å². The van der Waals surface area contributed by atoms with Gasteiger partial charge >= 0.3 is 5.97 Å². The Morgan fingerprint density at radius 3 is 2.25 bits per heavy atom. The second-order valence-corrected chi connectivity index (χ2v) is 8.85. The van der Waals surface area contributed by atoms with Crippen LogP contribution >= 0.6 is 31.9 Å². The molecule has 146 valence electrons. The van der Waals surface area contributed by atoms with Crippen LogP contribution in [0.25, 0.3) is 0 Å². The van der Waals surface area contributed by atoms with Crippen molar-refractivity contribution in [3.8, 4) is 5.75 Å². The van der Waals surface area contributed by atoms with Gasteiger partial charge in [0.25, 0.3) is 11.8 Å². The maximum atomic E-state index is 12.6. The quantitative estimate of drug-likeness (QED) is 0.372. The third kappa shape index (κ3) is 3.10. The van der Waals surface area contributed by atoms with Crippen LogP contribution < -0.4 is 4.74 Å². The Bertz CT molecular complexity index is 891. The molecule has 0 radical (unpaired) electrons. The van der Waals surface area contributed by atoms with E-state index < -0.39 is 12.1 Å². The van der Waals surface area contributed by atoms with E-state index in [4.69, 9.17) is 9.84 Å². The Balaban J connectivity index is 1.53. The number of carbonyl (C=O) groups excluding carboxylic acids is 2. The molecule has 28 heavy (non-hydrogen) atoms. The zero-order valence-electron chi connectivity index (χ0n) is 14.7. The second-order valence-electron chi connectivity index (χ2n) is 7.14. The molecule has 2 aliphatic carbocycles. The van der Waals surface area contributed by atoms with Gasteiger partial charge in [0.15, 0.2) is 6.10 Å². The highest BCUT2D eigenvalue weighted by Gasteiger charge is 2.59. The molecule has 2 bridgehead atoms. The summed E-state index contributed by atoms with van der Waals surface area (Å²) >= 11 is 6.70. The Morgan fingerprint density at radius 1 is 1.21 bits per heavy atom. The highest BCUT2D eigenvalue weighted by atomic mass is 79.9. The van der Waals surface area contributed by atoms with Crippen molar-refractivity contribution in [1.82, 2.24) is 5.01 Å². The van der Waals surface area contributed by atoms with Crippen molar-refractivity contribution >= 4 is 55.9 Å². The van der Waals surface area contributed by atoms with Gasteiger partial charge in [-0.05, 0) is 74.7 Å². The van der Waals surface area contributed by atoms with Crippen molar-refractivity contribution in [3.05, 3.63) is 38.8 Å². The number of amides is 2. The molecule has 4 rings (SSSR count). The largest absolute Gasteiger partial charge is 0.479 e. The first-order valence-corrected chi connectivity index (χ1v) is 10.3. The number of rotatable bonds is 5. The number of ether oxygens (including phenoxy) is 1. The number of nitrogens with zero attached hydrogens (tertiary/aromatic N) is 2. The molecular weight excluding hydrogens is 496 g/mol. The fourth-order valence-electron chi connectivity index (χ4n) is 4.12. The number of benzene rings is 1. The first kappa shape index (κ1) is 19.3. The number of hydrogen-bond acceptors (Lipinski definition) is 5. The van der Waals surface area contributed by atoms with Gasteiger partial charge in [-0.3, -0.25) is 9.59 Å². The van der Waals surface area contributed by atoms with Crippen LogP contribution in [0.4, 0.5) is 0 Å². The summed E-state index contributed by atoms with van der Waals surface area (Å²) in [6.45, 7) is 1.43. The van der Waals surface area contributed by atoms with Crippen LogP contribution in [0.1, 0.15) is 18.9 Å². The lowest BCUT2D eigenvalue weighted by atomic mass is 9.85. The molecule has 5 atom stereocenters. The third-order valence-electron chi connectivity index (χ3n) is 5.43. The van der Waals surface area contributed by atoms with Gasteiger partial charge in [-0.15, -0.1) is 0 Å². The molecule has 1 aromatic carbocycles. The molecule has 1 heterocycles. The van der Waals surface area contributed by atoms with Crippen molar-refractivity contribution in [1.29, 1.82) is 0 Å². The smallest absolute Gasteiger partial charge is 0.344 e. The van der Waals surface area contributed by atoms with Gasteiger partial charge in [0.1, 0.15) is 5.75 Å². The molecule has 0 unspecified atom stereocenters. The number of fused-ring (bicyclic) bond motifs is 5. The van der Waals surface area contributed by atoms with E-state index in [1.807, 2.05) is 12.2 Å². The van der Waals surface area contributed by atoms with E-state index in [9.17, 15) is 14.4 Å². The summed E-state index contributed by atoms with van der Waals surface area (Å²) in [5, 5.41) is 14.1. The van der Waals surface area contributed by atoms with E-state index in [-0.39, 0.29) is 35.5 Å². The van der Waals surface area contributed by atoms with E-state index in [1.165, 1.54) is 13.1 Å². The average Bonchev–Trinajstić information content (AvgIpc) is 3.31. The predicted octanol–water partition coefficient (Wildman–Crippen LogP) is 3.20. The number of halogens is 2. The van der Waals surface area contributed by atoms with E-state index in [0.717, 1.165) is 11.4 Å². The molecule has 1 saturated carbocycles. The summed E-state index contributed by atoms with van der Waals surface area (Å²) in [5.74, 6) is -1.50. The Labute approximate surface area is 177 Å². The first-order valence-electron chi connectivity index (χ1n) is 8.76. The van der Waals surface area contributed by atoms with Crippen molar-refractivity contribution in [2.24, 2.45) is 28.8 Å². The Morgan fingerprint density at radius 2 is 1.75 bits per heavy atom. The van der Waals surface area contributed by atoms with Crippen LogP contribution in [-0.2, 0) is 14.4 Å². The zero-order valence-corrected chi connectivity index (χ0v) is 17.9. The topological polar surface area (TPSA) is 96.3 Å². The number of aliphatic carboxylic acids is 1. The number of hydrazone groups is 1. The molecule has 1 saturated heterocycles. The van der Waals surface area contributed by atoms with Gasteiger partial charge in [-0.1, -0.05) is 12.2 Å². The predicted molar refractivity (Wildman–Crippen MR) is 107 cm³/mol. The SMILES string of the molecule is C[C@H](Oc1c(Br)cc(C=NN2C(=O)[C@@H]3[C@H](C2=O)[C@H]2C=C[C@H]3C2)cc1Br)C(=O)O. The third-order valence-corrected chi connectivity index (χ3v) is 6.61. The number of carbonyl (C=O) groups is 3. The van der Waals surface area contributed by atoms with Crippen LogP contribution in [0, 0.1) is 23.7 Å². The van der Waals surface area contributed by atoms with E-state index in [1.54, 1.807) is 12.1 Å². The fraction of sp³-hybridized carbons (Fsp3) is 0.368. The van der Waals surface area contributed by atoms with E-state index in [2.05, 4.69) is 37.0 Å².